The SMILES string of the molecule is C=CC(=O)C[C@H]1COC[C@H]1Nc1ncc2cc(-c3c(Cl)c(OC)cc(OC)c3Cl)nc(Cl)c2n1. The molecular weight excluding hydrogens is 503 g/mol. The Morgan fingerprint density at radius 3 is 2.53 bits per heavy atom. The Morgan fingerprint density at radius 2 is 1.88 bits per heavy atom. The summed E-state index contributed by atoms with van der Waals surface area (Å²) in [5.74, 6) is 1.08. The highest BCUT2D eigenvalue weighted by Crippen LogP contribution is 2.46. The maximum absolute atomic E-state index is 11.8. The van der Waals surface area contributed by atoms with Crippen LogP contribution >= 0.6 is 34.8 Å². The van der Waals surface area contributed by atoms with Crippen molar-refractivity contribution in [1.82, 2.24) is 15.0 Å². The molecule has 34 heavy (non-hydrogen) atoms. The molecule has 0 spiro atoms. The second-order valence-electron chi connectivity index (χ2n) is 7.64. The molecule has 0 bridgehead atoms. The van der Waals surface area contributed by atoms with Crippen LogP contribution in [0.3, 0.4) is 0 Å². The van der Waals surface area contributed by atoms with Crippen LogP contribution < -0.4 is 14.8 Å². The molecule has 0 unspecified atom stereocenters. The Bertz CT molecular complexity index is 1240. The molecule has 1 aliphatic heterocycles. The van der Waals surface area contributed by atoms with Gasteiger partial charge in [-0.15, -0.1) is 0 Å². The van der Waals surface area contributed by atoms with E-state index in [4.69, 9.17) is 49.0 Å². The second-order valence-corrected chi connectivity index (χ2v) is 8.75. The van der Waals surface area contributed by atoms with Gasteiger partial charge in [-0.2, -0.15) is 0 Å². The van der Waals surface area contributed by atoms with Crippen molar-refractivity contribution in [3.8, 4) is 22.8 Å². The van der Waals surface area contributed by atoms with Crippen molar-refractivity contribution in [2.75, 3.05) is 32.8 Å². The third kappa shape index (κ3) is 4.77. The molecule has 4 rings (SSSR count). The highest BCUT2D eigenvalue weighted by atomic mass is 35.5. The van der Waals surface area contributed by atoms with Crippen molar-refractivity contribution in [1.29, 1.82) is 0 Å². The first-order valence-electron chi connectivity index (χ1n) is 10.3. The Labute approximate surface area is 211 Å². The number of pyridine rings is 1. The van der Waals surface area contributed by atoms with E-state index >= 15 is 0 Å². The van der Waals surface area contributed by atoms with Gasteiger partial charge in [0.15, 0.2) is 10.9 Å². The molecule has 3 aromatic rings. The minimum absolute atomic E-state index is 0.00639. The lowest BCUT2D eigenvalue weighted by atomic mass is 9.97. The molecule has 0 amide bonds. The molecule has 1 aliphatic rings. The monoisotopic (exact) mass is 522 g/mol. The van der Waals surface area contributed by atoms with Crippen LogP contribution in [-0.2, 0) is 9.53 Å². The zero-order chi connectivity index (χ0) is 24.4. The second kappa shape index (κ2) is 10.3. The van der Waals surface area contributed by atoms with Crippen LogP contribution in [0.1, 0.15) is 6.42 Å². The number of ketones is 1. The zero-order valence-electron chi connectivity index (χ0n) is 18.4. The van der Waals surface area contributed by atoms with Gasteiger partial charge in [0.05, 0.1) is 49.2 Å². The Kier molecular flexibility index (Phi) is 7.42. The number of anilines is 1. The van der Waals surface area contributed by atoms with E-state index in [1.807, 2.05) is 0 Å². The summed E-state index contributed by atoms with van der Waals surface area (Å²) in [7, 11) is 2.99. The molecule has 2 atom stereocenters. The summed E-state index contributed by atoms with van der Waals surface area (Å²) in [5, 5.41) is 4.57. The van der Waals surface area contributed by atoms with E-state index in [0.717, 1.165) is 0 Å². The van der Waals surface area contributed by atoms with Crippen LogP contribution in [0.5, 0.6) is 11.5 Å². The molecule has 1 saturated heterocycles. The number of carbonyl (C=O) groups excluding carboxylic acids is 1. The molecule has 8 nitrogen and oxygen atoms in total. The first kappa shape index (κ1) is 24.5. The number of carbonyl (C=O) groups is 1. The first-order chi connectivity index (χ1) is 16.4. The summed E-state index contributed by atoms with van der Waals surface area (Å²) in [6.07, 6.45) is 3.29. The third-order valence-electron chi connectivity index (χ3n) is 5.56. The van der Waals surface area contributed by atoms with Crippen LogP contribution in [0.2, 0.25) is 15.2 Å². The largest absolute Gasteiger partial charge is 0.495 e. The molecule has 1 aromatic carbocycles. The molecule has 11 heteroatoms. The minimum Gasteiger partial charge on any atom is -0.495 e. The average molecular weight is 524 g/mol. The van der Waals surface area contributed by atoms with Crippen LogP contribution in [0, 0.1) is 5.92 Å². The van der Waals surface area contributed by atoms with Gasteiger partial charge in [-0.3, -0.25) is 4.79 Å². The number of ether oxygens (including phenoxy) is 3. The fourth-order valence-electron chi connectivity index (χ4n) is 3.78. The number of rotatable bonds is 8. The topological polar surface area (TPSA) is 95.5 Å². The van der Waals surface area contributed by atoms with E-state index in [-0.39, 0.29) is 32.9 Å². The van der Waals surface area contributed by atoms with E-state index in [1.54, 1.807) is 18.3 Å². The van der Waals surface area contributed by atoms with Gasteiger partial charge in [0.25, 0.3) is 0 Å². The molecule has 1 fully saturated rings. The van der Waals surface area contributed by atoms with Crippen LogP contribution in [0.15, 0.2) is 31.0 Å². The number of methoxy groups -OCH3 is 2. The van der Waals surface area contributed by atoms with Gasteiger partial charge in [-0.05, 0) is 12.1 Å². The predicted molar refractivity (Wildman–Crippen MR) is 132 cm³/mol. The van der Waals surface area contributed by atoms with E-state index in [9.17, 15) is 4.79 Å². The van der Waals surface area contributed by atoms with Gasteiger partial charge in [-0.25, -0.2) is 15.0 Å². The van der Waals surface area contributed by atoms with Crippen molar-refractivity contribution in [2.24, 2.45) is 5.92 Å². The molecule has 0 radical (unpaired) electrons. The van der Waals surface area contributed by atoms with Crippen molar-refractivity contribution in [2.45, 2.75) is 12.5 Å². The summed E-state index contributed by atoms with van der Waals surface area (Å²) in [4.78, 5) is 25.2. The number of halogens is 3. The van der Waals surface area contributed by atoms with Crippen molar-refractivity contribution in [3.05, 3.63) is 46.2 Å². The van der Waals surface area contributed by atoms with Crippen molar-refractivity contribution < 1.29 is 19.0 Å². The van der Waals surface area contributed by atoms with Crippen molar-refractivity contribution >= 4 is 57.4 Å². The van der Waals surface area contributed by atoms with Gasteiger partial charge in [0, 0.05) is 35.6 Å². The molecule has 2 aromatic heterocycles. The molecule has 0 saturated carbocycles. The quantitative estimate of drug-likeness (QED) is 0.316. The number of hydrogen-bond acceptors (Lipinski definition) is 8. The van der Waals surface area contributed by atoms with Crippen LogP contribution in [0.25, 0.3) is 22.2 Å². The number of nitrogens with one attached hydrogen (secondary N) is 1. The number of hydrogen-bond donors (Lipinski definition) is 1. The van der Waals surface area contributed by atoms with Crippen LogP contribution in [0.4, 0.5) is 5.95 Å². The lowest BCUT2D eigenvalue weighted by Crippen LogP contribution is -2.30. The number of fused-ring (bicyclic) bond motifs is 1. The summed E-state index contributed by atoms with van der Waals surface area (Å²) >= 11 is 19.6. The van der Waals surface area contributed by atoms with Gasteiger partial charge >= 0.3 is 0 Å². The van der Waals surface area contributed by atoms with Gasteiger partial charge in [-0.1, -0.05) is 41.4 Å². The van der Waals surface area contributed by atoms with E-state index in [2.05, 4.69) is 26.8 Å². The Morgan fingerprint density at radius 1 is 1.18 bits per heavy atom. The van der Waals surface area contributed by atoms with E-state index in [0.29, 0.717) is 59.2 Å². The predicted octanol–water partition coefficient (Wildman–Crippen LogP) is 5.24. The minimum atomic E-state index is -0.116. The van der Waals surface area contributed by atoms with Gasteiger partial charge in [0.2, 0.25) is 5.95 Å². The standard InChI is InChI=1S/C23H21Cl3N4O4/c1-4-13(31)5-12-9-34-10-15(12)29-23-27-8-11-6-14(28-22(26)21(11)30-23)18-19(24)16(32-2)7-17(33-3)20(18)25/h4,6-8,12,15H,1,5,9-10H2,2-3H3,(H,27,29,30)/t12-,15+/m0/s1. The Balaban J connectivity index is 1.69. The number of allylic oxidation sites excluding steroid dienone is 1. The molecule has 178 valence electrons. The third-order valence-corrected chi connectivity index (χ3v) is 6.57. The summed E-state index contributed by atoms with van der Waals surface area (Å²) in [6, 6.07) is 3.22. The first-order valence-corrected chi connectivity index (χ1v) is 11.4. The lowest BCUT2D eigenvalue weighted by molar-refractivity contribution is -0.115. The molecular formula is C23H21Cl3N4O4. The Hall–Kier alpha value is -2.65. The highest BCUT2D eigenvalue weighted by molar-refractivity contribution is 6.41. The maximum atomic E-state index is 11.8. The highest BCUT2D eigenvalue weighted by Gasteiger charge is 2.30. The zero-order valence-corrected chi connectivity index (χ0v) is 20.7. The maximum Gasteiger partial charge on any atom is 0.223 e. The summed E-state index contributed by atoms with van der Waals surface area (Å²) in [6.45, 7) is 4.44. The number of aromatic nitrogens is 3. The van der Waals surface area contributed by atoms with Crippen molar-refractivity contribution in [3.63, 3.8) is 0 Å². The molecule has 0 aliphatic carbocycles. The summed E-state index contributed by atoms with van der Waals surface area (Å²) < 4.78 is 16.2. The smallest absolute Gasteiger partial charge is 0.223 e. The summed E-state index contributed by atoms with van der Waals surface area (Å²) in [5.41, 5.74) is 1.28. The van der Waals surface area contributed by atoms with E-state index in [1.165, 1.54) is 20.3 Å². The van der Waals surface area contributed by atoms with Gasteiger partial charge < -0.3 is 19.5 Å². The van der Waals surface area contributed by atoms with Gasteiger partial charge in [0.1, 0.15) is 17.0 Å². The normalized spacial score (nSPS) is 17.6. The number of nitrogens with zero attached hydrogens (tertiary/aromatic N) is 3. The fraction of sp³-hybridized carbons (Fsp3) is 0.304. The van der Waals surface area contributed by atoms with E-state index < -0.39 is 0 Å². The van der Waals surface area contributed by atoms with Crippen LogP contribution in [-0.4, -0.2) is 54.2 Å². The lowest BCUT2D eigenvalue weighted by Gasteiger charge is -2.18. The fourth-order valence-corrected chi connectivity index (χ4v) is 4.71. The average Bonchev–Trinajstić information content (AvgIpc) is 3.26. The molecule has 1 N–H and O–H groups in total. The molecule has 3 heterocycles. The number of benzene rings is 1.